The van der Waals surface area contributed by atoms with Crippen LogP contribution in [-0.2, 0) is 6.42 Å². The number of hydrogen-bond donors (Lipinski definition) is 1. The van der Waals surface area contributed by atoms with Crippen LogP contribution < -0.4 is 15.0 Å². The molecule has 138 valence electrons. The number of carbonyl (C=O) groups is 1. The first kappa shape index (κ1) is 18.3. The number of nitrogens with one attached hydrogen (secondary N) is 1. The summed E-state index contributed by atoms with van der Waals surface area (Å²) in [4.78, 5) is 14.9. The molecule has 1 N–H and O–H groups in total. The van der Waals surface area contributed by atoms with Crippen LogP contribution in [0.15, 0.2) is 48.5 Å². The van der Waals surface area contributed by atoms with Crippen molar-refractivity contribution in [3.05, 3.63) is 59.7 Å². The van der Waals surface area contributed by atoms with Gasteiger partial charge in [-0.2, -0.15) is 0 Å². The summed E-state index contributed by atoms with van der Waals surface area (Å²) in [5.74, 6) is 0.949. The highest BCUT2D eigenvalue weighted by Gasteiger charge is 2.22. The number of rotatable bonds is 7. The molecule has 2 aromatic rings. The highest BCUT2D eigenvalue weighted by Crippen LogP contribution is 2.30. The third-order valence-corrected chi connectivity index (χ3v) is 4.60. The molecule has 0 saturated heterocycles. The predicted octanol–water partition coefficient (Wildman–Crippen LogP) is 4.05. The van der Waals surface area contributed by atoms with Crippen LogP contribution in [0.3, 0.4) is 0 Å². The van der Waals surface area contributed by atoms with Crippen molar-refractivity contribution < 1.29 is 9.53 Å². The maximum absolute atomic E-state index is 12.5. The Kier molecular flexibility index (Phi) is 6.16. The molecule has 2 aromatic carbocycles. The Morgan fingerprint density at radius 1 is 1.15 bits per heavy atom. The number of carbonyl (C=O) groups excluding carboxylic acids is 1. The summed E-state index contributed by atoms with van der Waals surface area (Å²) in [7, 11) is 0. The van der Waals surface area contributed by atoms with E-state index in [1.807, 2.05) is 56.3 Å². The second kappa shape index (κ2) is 8.75. The van der Waals surface area contributed by atoms with Crippen molar-refractivity contribution >= 4 is 11.6 Å². The maximum atomic E-state index is 12.5. The monoisotopic (exact) mass is 352 g/mol. The molecule has 4 heteroatoms. The molecule has 4 nitrogen and oxygen atoms in total. The predicted molar refractivity (Wildman–Crippen MR) is 106 cm³/mol. The van der Waals surface area contributed by atoms with Crippen LogP contribution in [0.5, 0.6) is 5.75 Å². The molecule has 0 spiro atoms. The Hall–Kier alpha value is -2.49. The van der Waals surface area contributed by atoms with Crippen LogP contribution in [0.25, 0.3) is 0 Å². The zero-order valence-corrected chi connectivity index (χ0v) is 15.7. The molecule has 0 radical (unpaired) electrons. The smallest absolute Gasteiger partial charge is 0.251 e. The van der Waals surface area contributed by atoms with Crippen molar-refractivity contribution in [2.24, 2.45) is 0 Å². The van der Waals surface area contributed by atoms with Gasteiger partial charge >= 0.3 is 0 Å². The van der Waals surface area contributed by atoms with Gasteiger partial charge in [0.1, 0.15) is 5.75 Å². The SMILES string of the molecule is CC(C)NC(=O)c1cccc2c1CCCN2CCCOc1ccccc1. The van der Waals surface area contributed by atoms with Gasteiger partial charge in [-0.15, -0.1) is 0 Å². The molecule has 3 rings (SSSR count). The molecular formula is C22H28N2O2. The lowest BCUT2D eigenvalue weighted by molar-refractivity contribution is 0.0942. The first-order valence-electron chi connectivity index (χ1n) is 9.50. The van der Waals surface area contributed by atoms with Crippen LogP contribution in [0, 0.1) is 0 Å². The molecule has 1 aliphatic rings. The number of fused-ring (bicyclic) bond motifs is 1. The van der Waals surface area contributed by atoms with Crippen molar-refractivity contribution in [3.63, 3.8) is 0 Å². The quantitative estimate of drug-likeness (QED) is 0.765. The van der Waals surface area contributed by atoms with Crippen molar-refractivity contribution in [3.8, 4) is 5.75 Å². The number of amides is 1. The molecule has 0 aliphatic carbocycles. The van der Waals surface area contributed by atoms with E-state index in [1.54, 1.807) is 0 Å². The Bertz CT molecular complexity index is 728. The Morgan fingerprint density at radius 2 is 1.96 bits per heavy atom. The Labute approximate surface area is 156 Å². The van der Waals surface area contributed by atoms with Gasteiger partial charge in [0.25, 0.3) is 5.91 Å². The minimum Gasteiger partial charge on any atom is -0.494 e. The van der Waals surface area contributed by atoms with Gasteiger partial charge in [-0.1, -0.05) is 24.3 Å². The van der Waals surface area contributed by atoms with Crippen LogP contribution in [0.2, 0.25) is 0 Å². The van der Waals surface area contributed by atoms with Gasteiger partial charge in [-0.25, -0.2) is 0 Å². The zero-order valence-electron chi connectivity index (χ0n) is 15.7. The van der Waals surface area contributed by atoms with Gasteiger partial charge < -0.3 is 15.0 Å². The van der Waals surface area contributed by atoms with E-state index >= 15 is 0 Å². The van der Waals surface area contributed by atoms with Crippen molar-refractivity contribution in [2.45, 2.75) is 39.2 Å². The average Bonchev–Trinajstić information content (AvgIpc) is 2.65. The lowest BCUT2D eigenvalue weighted by Crippen LogP contribution is -2.34. The highest BCUT2D eigenvalue weighted by molar-refractivity contribution is 5.97. The number of para-hydroxylation sites is 1. The number of anilines is 1. The summed E-state index contributed by atoms with van der Waals surface area (Å²) >= 11 is 0. The lowest BCUT2D eigenvalue weighted by Gasteiger charge is -2.32. The van der Waals surface area contributed by atoms with Crippen LogP contribution in [-0.4, -0.2) is 31.6 Å². The summed E-state index contributed by atoms with van der Waals surface area (Å²) in [5.41, 5.74) is 3.20. The molecule has 0 atom stereocenters. The molecule has 26 heavy (non-hydrogen) atoms. The fraction of sp³-hybridized carbons (Fsp3) is 0.409. The van der Waals surface area contributed by atoms with E-state index in [9.17, 15) is 4.79 Å². The Morgan fingerprint density at radius 3 is 2.73 bits per heavy atom. The summed E-state index contributed by atoms with van der Waals surface area (Å²) in [6, 6.07) is 16.1. The van der Waals surface area contributed by atoms with Crippen LogP contribution >= 0.6 is 0 Å². The van der Waals surface area contributed by atoms with Crippen LogP contribution in [0.4, 0.5) is 5.69 Å². The van der Waals surface area contributed by atoms with Gasteiger partial charge in [-0.3, -0.25) is 4.79 Å². The molecule has 0 bridgehead atoms. The fourth-order valence-electron chi connectivity index (χ4n) is 3.45. The normalized spacial score (nSPS) is 13.4. The van der Waals surface area contributed by atoms with E-state index in [1.165, 1.54) is 11.3 Å². The van der Waals surface area contributed by atoms with E-state index < -0.39 is 0 Å². The standard InChI is InChI=1S/C22H28N2O2/c1-17(2)23-22(25)20-11-6-13-21-19(20)12-7-14-24(21)15-8-16-26-18-9-4-3-5-10-18/h3-6,9-11,13,17H,7-8,12,14-16H2,1-2H3,(H,23,25). The van der Waals surface area contributed by atoms with Gasteiger partial charge in [-0.05, 0) is 62.9 Å². The van der Waals surface area contributed by atoms with E-state index in [2.05, 4.69) is 16.3 Å². The minimum atomic E-state index is 0.0334. The van der Waals surface area contributed by atoms with E-state index in [0.717, 1.165) is 43.7 Å². The minimum absolute atomic E-state index is 0.0334. The van der Waals surface area contributed by atoms with E-state index in [-0.39, 0.29) is 11.9 Å². The molecule has 0 aromatic heterocycles. The Balaban J connectivity index is 1.62. The van der Waals surface area contributed by atoms with Crippen molar-refractivity contribution in [2.75, 3.05) is 24.6 Å². The van der Waals surface area contributed by atoms with Gasteiger partial charge in [0, 0.05) is 30.4 Å². The second-order valence-electron chi connectivity index (χ2n) is 7.04. The molecule has 1 heterocycles. The van der Waals surface area contributed by atoms with Gasteiger partial charge in [0.2, 0.25) is 0 Å². The topological polar surface area (TPSA) is 41.6 Å². The number of ether oxygens (including phenoxy) is 1. The maximum Gasteiger partial charge on any atom is 0.251 e. The number of hydrogen-bond acceptors (Lipinski definition) is 3. The number of benzene rings is 2. The van der Waals surface area contributed by atoms with E-state index in [0.29, 0.717) is 6.61 Å². The largest absolute Gasteiger partial charge is 0.494 e. The molecular weight excluding hydrogens is 324 g/mol. The number of nitrogens with zero attached hydrogens (tertiary/aromatic N) is 1. The van der Waals surface area contributed by atoms with Gasteiger partial charge in [0.05, 0.1) is 6.61 Å². The molecule has 0 saturated carbocycles. The summed E-state index contributed by atoms with van der Waals surface area (Å²) in [5, 5.41) is 3.02. The van der Waals surface area contributed by atoms with Crippen molar-refractivity contribution in [1.29, 1.82) is 0 Å². The lowest BCUT2D eigenvalue weighted by atomic mass is 9.95. The van der Waals surface area contributed by atoms with Crippen molar-refractivity contribution in [1.82, 2.24) is 5.32 Å². The summed E-state index contributed by atoms with van der Waals surface area (Å²) in [6.45, 7) is 6.66. The molecule has 1 amide bonds. The zero-order chi connectivity index (χ0) is 18.4. The summed E-state index contributed by atoms with van der Waals surface area (Å²) in [6.07, 6.45) is 3.00. The van der Waals surface area contributed by atoms with Gasteiger partial charge in [0.15, 0.2) is 0 Å². The first-order valence-corrected chi connectivity index (χ1v) is 9.50. The molecule has 1 aliphatic heterocycles. The third-order valence-electron chi connectivity index (χ3n) is 4.60. The van der Waals surface area contributed by atoms with Crippen LogP contribution in [0.1, 0.15) is 42.6 Å². The molecule has 0 fully saturated rings. The first-order chi connectivity index (χ1) is 12.6. The summed E-state index contributed by atoms with van der Waals surface area (Å²) < 4.78 is 5.80. The fourth-order valence-corrected chi connectivity index (χ4v) is 3.45. The highest BCUT2D eigenvalue weighted by atomic mass is 16.5. The molecule has 0 unspecified atom stereocenters. The third kappa shape index (κ3) is 4.57. The average molecular weight is 352 g/mol. The second-order valence-corrected chi connectivity index (χ2v) is 7.04. The van der Waals surface area contributed by atoms with E-state index in [4.69, 9.17) is 4.74 Å².